The lowest BCUT2D eigenvalue weighted by Crippen LogP contribution is -2.45. The normalized spacial score (nSPS) is 12.6. The summed E-state index contributed by atoms with van der Waals surface area (Å²) in [5.41, 5.74) is 0. The van der Waals surface area contributed by atoms with Crippen LogP contribution in [0.5, 0.6) is 0 Å². The second kappa shape index (κ2) is 8.53. The van der Waals surface area contributed by atoms with Crippen molar-refractivity contribution in [2.75, 3.05) is 13.2 Å². The van der Waals surface area contributed by atoms with Crippen molar-refractivity contribution in [1.29, 1.82) is 0 Å². The first-order valence-corrected chi connectivity index (χ1v) is 5.77. The van der Waals surface area contributed by atoms with Crippen LogP contribution in [0, 0.1) is 5.92 Å². The minimum absolute atomic E-state index is 0.0524. The Morgan fingerprint density at radius 3 is 2.53 bits per heavy atom. The molecular formula is C11H24N2O2. The van der Waals surface area contributed by atoms with E-state index in [0.29, 0.717) is 18.9 Å². The van der Waals surface area contributed by atoms with Crippen LogP contribution in [0.2, 0.25) is 0 Å². The maximum Gasteiger partial charge on any atom is 0.315 e. The third kappa shape index (κ3) is 7.19. The number of carbonyl (C=O) groups excluding carboxylic acids is 1. The van der Waals surface area contributed by atoms with E-state index in [1.165, 1.54) is 0 Å². The molecule has 3 N–H and O–H groups in total. The Kier molecular flexibility index (Phi) is 8.09. The van der Waals surface area contributed by atoms with Crippen LogP contribution in [0.15, 0.2) is 0 Å². The zero-order valence-electron chi connectivity index (χ0n) is 10.0. The first-order chi connectivity index (χ1) is 7.11. The summed E-state index contributed by atoms with van der Waals surface area (Å²) >= 11 is 0. The highest BCUT2D eigenvalue weighted by molar-refractivity contribution is 5.74. The number of carbonyl (C=O) groups is 1. The molecule has 0 saturated heterocycles. The second-order valence-corrected chi connectivity index (χ2v) is 4.12. The van der Waals surface area contributed by atoms with Gasteiger partial charge in [-0.05, 0) is 18.8 Å². The van der Waals surface area contributed by atoms with Gasteiger partial charge >= 0.3 is 6.03 Å². The molecule has 0 spiro atoms. The van der Waals surface area contributed by atoms with E-state index in [1.807, 2.05) is 13.8 Å². The smallest absolute Gasteiger partial charge is 0.315 e. The van der Waals surface area contributed by atoms with Crippen molar-refractivity contribution in [3.8, 4) is 0 Å². The molecule has 4 nitrogen and oxygen atoms in total. The summed E-state index contributed by atoms with van der Waals surface area (Å²) in [7, 11) is 0. The minimum Gasteiger partial charge on any atom is -0.396 e. The standard InChI is InChI=1S/C11H24N2O2/c1-4-5-7-12-11(15)13-10(6-8-14)9(2)3/h9-10,14H,4-8H2,1-3H3,(H2,12,13,15). The summed E-state index contributed by atoms with van der Waals surface area (Å²) in [6.07, 6.45) is 2.68. The molecule has 4 heteroatoms. The van der Waals surface area contributed by atoms with Gasteiger partial charge in [-0.15, -0.1) is 0 Å². The van der Waals surface area contributed by atoms with Crippen molar-refractivity contribution >= 4 is 6.03 Å². The highest BCUT2D eigenvalue weighted by atomic mass is 16.3. The molecule has 15 heavy (non-hydrogen) atoms. The molecule has 0 fully saturated rings. The van der Waals surface area contributed by atoms with Gasteiger partial charge in [0.1, 0.15) is 0 Å². The average Bonchev–Trinajstić information content (AvgIpc) is 2.17. The van der Waals surface area contributed by atoms with Crippen molar-refractivity contribution in [2.45, 2.75) is 46.1 Å². The third-order valence-electron chi connectivity index (χ3n) is 2.38. The molecular weight excluding hydrogens is 192 g/mol. The lowest BCUT2D eigenvalue weighted by molar-refractivity contribution is 0.219. The van der Waals surface area contributed by atoms with E-state index in [4.69, 9.17) is 5.11 Å². The van der Waals surface area contributed by atoms with Crippen molar-refractivity contribution in [2.24, 2.45) is 5.92 Å². The number of rotatable bonds is 7. The molecule has 1 atom stereocenters. The van der Waals surface area contributed by atoms with Crippen LogP contribution in [0.4, 0.5) is 4.79 Å². The Morgan fingerprint density at radius 1 is 1.40 bits per heavy atom. The van der Waals surface area contributed by atoms with E-state index < -0.39 is 0 Å². The largest absolute Gasteiger partial charge is 0.396 e. The fraction of sp³-hybridized carbons (Fsp3) is 0.909. The second-order valence-electron chi connectivity index (χ2n) is 4.12. The summed E-state index contributed by atoms with van der Waals surface area (Å²) < 4.78 is 0. The van der Waals surface area contributed by atoms with Crippen molar-refractivity contribution in [3.63, 3.8) is 0 Å². The first kappa shape index (κ1) is 14.2. The number of hydrogen-bond donors (Lipinski definition) is 3. The van der Waals surface area contributed by atoms with Crippen LogP contribution in [-0.4, -0.2) is 30.3 Å². The number of unbranched alkanes of at least 4 members (excludes halogenated alkanes) is 1. The van der Waals surface area contributed by atoms with E-state index in [-0.39, 0.29) is 18.7 Å². The molecule has 0 aliphatic carbocycles. The number of amides is 2. The Morgan fingerprint density at radius 2 is 2.07 bits per heavy atom. The molecule has 0 bridgehead atoms. The van der Waals surface area contributed by atoms with Crippen molar-refractivity contribution in [1.82, 2.24) is 10.6 Å². The average molecular weight is 216 g/mol. The van der Waals surface area contributed by atoms with Gasteiger partial charge in [0.15, 0.2) is 0 Å². The lowest BCUT2D eigenvalue weighted by Gasteiger charge is -2.21. The van der Waals surface area contributed by atoms with E-state index >= 15 is 0 Å². The van der Waals surface area contributed by atoms with Gasteiger partial charge < -0.3 is 15.7 Å². The molecule has 0 aliphatic heterocycles. The summed E-state index contributed by atoms with van der Waals surface area (Å²) in [6.45, 7) is 6.98. The molecule has 0 radical (unpaired) electrons. The predicted molar refractivity (Wildman–Crippen MR) is 61.8 cm³/mol. The van der Waals surface area contributed by atoms with E-state index in [2.05, 4.69) is 17.6 Å². The molecule has 0 aromatic heterocycles. The van der Waals surface area contributed by atoms with Crippen LogP contribution in [0.1, 0.15) is 40.0 Å². The maximum atomic E-state index is 11.4. The van der Waals surface area contributed by atoms with Gasteiger partial charge in [0, 0.05) is 19.2 Å². The van der Waals surface area contributed by atoms with E-state index in [0.717, 1.165) is 12.8 Å². The van der Waals surface area contributed by atoms with Crippen molar-refractivity contribution in [3.05, 3.63) is 0 Å². The molecule has 1 unspecified atom stereocenters. The highest BCUT2D eigenvalue weighted by Gasteiger charge is 2.14. The summed E-state index contributed by atoms with van der Waals surface area (Å²) in [6, 6.07) is -0.0766. The van der Waals surface area contributed by atoms with Gasteiger partial charge in [0.25, 0.3) is 0 Å². The number of aliphatic hydroxyl groups is 1. The zero-order valence-corrected chi connectivity index (χ0v) is 10.0. The predicted octanol–water partition coefficient (Wildman–Crippen LogP) is 1.49. The fourth-order valence-corrected chi connectivity index (χ4v) is 1.31. The number of hydrogen-bond acceptors (Lipinski definition) is 2. The van der Waals surface area contributed by atoms with Crippen molar-refractivity contribution < 1.29 is 9.90 Å². The quantitative estimate of drug-likeness (QED) is 0.565. The summed E-state index contributed by atoms with van der Waals surface area (Å²) in [5.74, 6) is 0.342. The molecule has 2 amide bonds. The molecule has 0 heterocycles. The molecule has 0 saturated carbocycles. The highest BCUT2D eigenvalue weighted by Crippen LogP contribution is 2.04. The minimum atomic E-state index is -0.129. The molecule has 0 aliphatic rings. The van der Waals surface area contributed by atoms with Crippen LogP contribution in [-0.2, 0) is 0 Å². The Hall–Kier alpha value is -0.770. The number of nitrogens with one attached hydrogen (secondary N) is 2. The molecule has 0 aromatic carbocycles. The van der Waals surface area contributed by atoms with Gasteiger partial charge in [-0.25, -0.2) is 4.79 Å². The van der Waals surface area contributed by atoms with Crippen LogP contribution < -0.4 is 10.6 Å². The number of aliphatic hydroxyl groups excluding tert-OH is 1. The Labute approximate surface area is 92.4 Å². The maximum absolute atomic E-state index is 11.4. The summed E-state index contributed by atoms with van der Waals surface area (Å²) in [4.78, 5) is 11.4. The van der Waals surface area contributed by atoms with Crippen LogP contribution in [0.3, 0.4) is 0 Å². The van der Waals surface area contributed by atoms with Gasteiger partial charge in [0.05, 0.1) is 0 Å². The Balaban J connectivity index is 3.78. The van der Waals surface area contributed by atoms with E-state index in [1.54, 1.807) is 0 Å². The van der Waals surface area contributed by atoms with Gasteiger partial charge in [-0.1, -0.05) is 27.2 Å². The van der Waals surface area contributed by atoms with Crippen LogP contribution in [0.25, 0.3) is 0 Å². The van der Waals surface area contributed by atoms with Gasteiger partial charge in [-0.3, -0.25) is 0 Å². The summed E-state index contributed by atoms with van der Waals surface area (Å²) in [5, 5.41) is 14.5. The van der Waals surface area contributed by atoms with Crippen LogP contribution >= 0.6 is 0 Å². The molecule has 0 rings (SSSR count). The Bertz CT molecular complexity index is 172. The first-order valence-electron chi connectivity index (χ1n) is 5.77. The zero-order chi connectivity index (χ0) is 11.7. The third-order valence-corrected chi connectivity index (χ3v) is 2.38. The van der Waals surface area contributed by atoms with Gasteiger partial charge in [0.2, 0.25) is 0 Å². The number of urea groups is 1. The monoisotopic (exact) mass is 216 g/mol. The topological polar surface area (TPSA) is 61.4 Å². The molecule has 0 aromatic rings. The van der Waals surface area contributed by atoms with E-state index in [9.17, 15) is 4.79 Å². The molecule has 90 valence electrons. The SMILES string of the molecule is CCCCNC(=O)NC(CCO)C(C)C. The van der Waals surface area contributed by atoms with Gasteiger partial charge in [-0.2, -0.15) is 0 Å². The fourth-order valence-electron chi connectivity index (χ4n) is 1.31. The lowest BCUT2D eigenvalue weighted by atomic mass is 10.0.